The molecule has 0 aliphatic heterocycles. The molecule has 1 fully saturated rings. The maximum Gasteiger partial charge on any atom is 0.231 e. The molecular formula is C20H28ClN3OS. The number of fused-ring (bicyclic) bond motifs is 1. The summed E-state index contributed by atoms with van der Waals surface area (Å²) in [7, 11) is 0. The lowest BCUT2D eigenvalue weighted by Gasteiger charge is -2.29. The highest BCUT2D eigenvalue weighted by Crippen LogP contribution is 2.33. The van der Waals surface area contributed by atoms with Crippen LogP contribution in [0.2, 0.25) is 5.02 Å². The maximum atomic E-state index is 13.3. The van der Waals surface area contributed by atoms with Crippen LogP contribution < -0.4 is 4.90 Å². The molecule has 2 aromatic rings. The minimum atomic E-state index is 0.149. The number of anilines is 1. The highest BCUT2D eigenvalue weighted by atomic mass is 35.5. The van der Waals surface area contributed by atoms with Gasteiger partial charge in [-0.1, -0.05) is 56.0 Å². The highest BCUT2D eigenvalue weighted by Gasteiger charge is 2.28. The van der Waals surface area contributed by atoms with Crippen molar-refractivity contribution in [3.63, 3.8) is 0 Å². The maximum absolute atomic E-state index is 13.3. The summed E-state index contributed by atoms with van der Waals surface area (Å²) in [5.74, 6) is 0.401. The predicted octanol–water partition coefficient (Wildman–Crippen LogP) is 5.20. The second-order valence-electron chi connectivity index (χ2n) is 6.96. The molecule has 0 atom stereocenters. The molecule has 142 valence electrons. The molecule has 0 saturated heterocycles. The van der Waals surface area contributed by atoms with Crippen molar-refractivity contribution in [2.75, 3.05) is 31.1 Å². The quantitative estimate of drug-likeness (QED) is 0.648. The Morgan fingerprint density at radius 3 is 2.62 bits per heavy atom. The molecule has 1 heterocycles. The number of hydrogen-bond donors (Lipinski definition) is 0. The number of thiazole rings is 1. The molecule has 3 rings (SSSR count). The van der Waals surface area contributed by atoms with Gasteiger partial charge in [-0.15, -0.1) is 0 Å². The van der Waals surface area contributed by atoms with Gasteiger partial charge in [-0.05, 0) is 44.1 Å². The van der Waals surface area contributed by atoms with Gasteiger partial charge >= 0.3 is 0 Å². The third kappa shape index (κ3) is 4.56. The Hall–Kier alpha value is -1.17. The lowest BCUT2D eigenvalue weighted by atomic mass is 9.88. The van der Waals surface area contributed by atoms with Gasteiger partial charge in [0.2, 0.25) is 5.91 Å². The van der Waals surface area contributed by atoms with Crippen molar-refractivity contribution in [2.24, 2.45) is 5.92 Å². The molecule has 1 aliphatic rings. The zero-order valence-electron chi connectivity index (χ0n) is 15.7. The number of amides is 1. The van der Waals surface area contributed by atoms with Crippen LogP contribution in [-0.2, 0) is 4.79 Å². The van der Waals surface area contributed by atoms with Crippen LogP contribution in [0, 0.1) is 5.92 Å². The number of nitrogens with zero attached hydrogens (tertiary/aromatic N) is 3. The molecule has 1 aromatic carbocycles. The number of benzene rings is 1. The van der Waals surface area contributed by atoms with E-state index in [1.807, 2.05) is 23.1 Å². The van der Waals surface area contributed by atoms with Crippen LogP contribution in [0.5, 0.6) is 0 Å². The lowest BCUT2D eigenvalue weighted by molar-refractivity contribution is -0.123. The molecule has 1 aliphatic carbocycles. The first-order valence-electron chi connectivity index (χ1n) is 9.72. The number of carbonyl (C=O) groups is 1. The van der Waals surface area contributed by atoms with E-state index >= 15 is 0 Å². The Labute approximate surface area is 165 Å². The smallest absolute Gasteiger partial charge is 0.231 e. The molecule has 0 bridgehead atoms. The topological polar surface area (TPSA) is 36.4 Å². The molecule has 4 nitrogen and oxygen atoms in total. The Morgan fingerprint density at radius 2 is 1.92 bits per heavy atom. The van der Waals surface area contributed by atoms with E-state index in [1.165, 1.54) is 6.42 Å². The standard InChI is InChI=1S/C20H28ClN3OS/c1-3-23(4-2)12-13-24(19(25)15-8-6-5-7-9-15)20-22-17-11-10-16(21)14-18(17)26-20/h10-11,14-15H,3-9,12-13H2,1-2H3. The Balaban J connectivity index is 1.85. The van der Waals surface area contributed by atoms with Gasteiger partial charge in [0.05, 0.1) is 10.2 Å². The zero-order chi connectivity index (χ0) is 18.5. The van der Waals surface area contributed by atoms with Crippen molar-refractivity contribution in [1.82, 2.24) is 9.88 Å². The fraction of sp³-hybridized carbons (Fsp3) is 0.600. The van der Waals surface area contributed by atoms with E-state index in [4.69, 9.17) is 16.6 Å². The van der Waals surface area contributed by atoms with Gasteiger partial charge in [0.1, 0.15) is 0 Å². The summed E-state index contributed by atoms with van der Waals surface area (Å²) in [6.45, 7) is 7.90. The molecule has 0 spiro atoms. The monoisotopic (exact) mass is 393 g/mol. The molecular weight excluding hydrogens is 366 g/mol. The van der Waals surface area contributed by atoms with Crippen LogP contribution in [-0.4, -0.2) is 42.0 Å². The molecule has 1 saturated carbocycles. The first-order chi connectivity index (χ1) is 12.6. The molecule has 6 heteroatoms. The first kappa shape index (κ1) is 19.6. The van der Waals surface area contributed by atoms with Gasteiger partial charge in [-0.2, -0.15) is 0 Å². The van der Waals surface area contributed by atoms with Gasteiger partial charge in [-0.25, -0.2) is 4.98 Å². The fourth-order valence-corrected chi connectivity index (χ4v) is 4.93. The van der Waals surface area contributed by atoms with E-state index in [1.54, 1.807) is 11.3 Å². The van der Waals surface area contributed by atoms with Crippen molar-refractivity contribution >= 4 is 44.2 Å². The van der Waals surface area contributed by atoms with Crippen molar-refractivity contribution in [2.45, 2.75) is 46.0 Å². The average molecular weight is 394 g/mol. The van der Waals surface area contributed by atoms with Crippen LogP contribution in [0.4, 0.5) is 5.13 Å². The number of halogens is 1. The lowest BCUT2D eigenvalue weighted by Crippen LogP contribution is -2.42. The number of likely N-dealkylation sites (N-methyl/N-ethyl adjacent to an activating group) is 1. The minimum Gasteiger partial charge on any atom is -0.302 e. The number of carbonyl (C=O) groups excluding carboxylic acids is 1. The summed E-state index contributed by atoms with van der Waals surface area (Å²) < 4.78 is 1.04. The number of aromatic nitrogens is 1. The minimum absolute atomic E-state index is 0.149. The fourth-order valence-electron chi connectivity index (χ4n) is 3.65. The summed E-state index contributed by atoms with van der Waals surface area (Å²) in [5.41, 5.74) is 0.915. The van der Waals surface area contributed by atoms with Crippen LogP contribution >= 0.6 is 22.9 Å². The molecule has 1 aromatic heterocycles. The van der Waals surface area contributed by atoms with E-state index in [2.05, 4.69) is 18.7 Å². The average Bonchev–Trinajstić information content (AvgIpc) is 3.08. The van der Waals surface area contributed by atoms with Gasteiger partial charge in [0.15, 0.2) is 5.13 Å². The molecule has 0 N–H and O–H groups in total. The molecule has 26 heavy (non-hydrogen) atoms. The zero-order valence-corrected chi connectivity index (χ0v) is 17.3. The Bertz CT molecular complexity index is 738. The summed E-state index contributed by atoms with van der Waals surface area (Å²) in [4.78, 5) is 22.3. The molecule has 1 amide bonds. The number of rotatable bonds is 7. The predicted molar refractivity (Wildman–Crippen MR) is 111 cm³/mol. The summed E-state index contributed by atoms with van der Waals surface area (Å²) >= 11 is 7.69. The van der Waals surface area contributed by atoms with Crippen molar-refractivity contribution in [1.29, 1.82) is 0 Å². The van der Waals surface area contributed by atoms with Crippen LogP contribution in [0.25, 0.3) is 10.2 Å². The normalized spacial score (nSPS) is 15.7. The van der Waals surface area contributed by atoms with Crippen molar-refractivity contribution < 1.29 is 4.79 Å². The van der Waals surface area contributed by atoms with Gasteiger partial charge in [-0.3, -0.25) is 9.69 Å². The molecule has 0 unspecified atom stereocenters. The summed E-state index contributed by atoms with van der Waals surface area (Å²) in [6.07, 6.45) is 5.60. The van der Waals surface area contributed by atoms with Gasteiger partial charge in [0, 0.05) is 24.0 Å². The second kappa shape index (κ2) is 9.16. The van der Waals surface area contributed by atoms with Crippen molar-refractivity contribution in [3.05, 3.63) is 23.2 Å². The summed E-state index contributed by atoms with van der Waals surface area (Å²) in [6, 6.07) is 5.73. The Kier molecular flexibility index (Phi) is 6.90. The summed E-state index contributed by atoms with van der Waals surface area (Å²) in [5, 5.41) is 1.52. The van der Waals surface area contributed by atoms with E-state index < -0.39 is 0 Å². The third-order valence-electron chi connectivity index (χ3n) is 5.32. The van der Waals surface area contributed by atoms with Crippen LogP contribution in [0.3, 0.4) is 0 Å². The van der Waals surface area contributed by atoms with Crippen molar-refractivity contribution in [3.8, 4) is 0 Å². The van der Waals surface area contributed by atoms with E-state index in [9.17, 15) is 4.79 Å². The van der Waals surface area contributed by atoms with E-state index in [0.29, 0.717) is 11.6 Å². The van der Waals surface area contributed by atoms with Crippen LogP contribution in [0.15, 0.2) is 18.2 Å². The third-order valence-corrected chi connectivity index (χ3v) is 6.60. The van der Waals surface area contributed by atoms with Gasteiger partial charge < -0.3 is 4.90 Å². The van der Waals surface area contributed by atoms with E-state index in [0.717, 1.165) is 60.7 Å². The van der Waals surface area contributed by atoms with Crippen LogP contribution in [0.1, 0.15) is 46.0 Å². The second-order valence-corrected chi connectivity index (χ2v) is 8.41. The largest absolute Gasteiger partial charge is 0.302 e. The highest BCUT2D eigenvalue weighted by molar-refractivity contribution is 7.22. The first-order valence-corrected chi connectivity index (χ1v) is 10.9. The Morgan fingerprint density at radius 1 is 1.19 bits per heavy atom. The molecule has 0 radical (unpaired) electrons. The number of hydrogen-bond acceptors (Lipinski definition) is 4. The van der Waals surface area contributed by atoms with E-state index in [-0.39, 0.29) is 11.8 Å². The SMILES string of the molecule is CCN(CC)CCN(C(=O)C1CCCCC1)c1nc2ccc(Cl)cc2s1. The van der Waals surface area contributed by atoms with Gasteiger partial charge in [0.25, 0.3) is 0 Å².